The number of unbranched alkanes of at least 4 members (excludes halogenated alkanes) is 13. The largest absolute Gasteiger partial charge is 0.330 e. The summed E-state index contributed by atoms with van der Waals surface area (Å²) in [5, 5.41) is 0. The van der Waals surface area contributed by atoms with Gasteiger partial charge < -0.3 is 5.73 Å². The first kappa shape index (κ1) is 20.3. The van der Waals surface area contributed by atoms with Crippen LogP contribution in [0.25, 0.3) is 0 Å². The monoisotopic (exact) mass is 301 g/mol. The molecule has 2 heteroatoms. The fourth-order valence-electron chi connectivity index (χ4n) is 2.58. The summed E-state index contributed by atoms with van der Waals surface area (Å²) < 4.78 is 0. The average Bonchev–Trinajstić information content (AvgIpc) is 2.47. The highest BCUT2D eigenvalue weighted by Crippen LogP contribution is 2.13. The van der Waals surface area contributed by atoms with Crippen molar-refractivity contribution >= 4 is 11.8 Å². The van der Waals surface area contributed by atoms with Crippen molar-refractivity contribution in [3.63, 3.8) is 0 Å². The summed E-state index contributed by atoms with van der Waals surface area (Å²) in [6, 6.07) is 0. The molecule has 0 spiro atoms. The quantitative estimate of drug-likeness (QED) is 0.326. The van der Waals surface area contributed by atoms with Gasteiger partial charge in [-0.1, -0.05) is 90.4 Å². The minimum Gasteiger partial charge on any atom is -0.330 e. The summed E-state index contributed by atoms with van der Waals surface area (Å²) in [6.07, 6.45) is 20.3. The van der Waals surface area contributed by atoms with E-state index in [1.54, 1.807) is 0 Å². The molecule has 0 saturated carbocycles. The number of rotatable bonds is 17. The zero-order valence-corrected chi connectivity index (χ0v) is 14.8. The van der Waals surface area contributed by atoms with Gasteiger partial charge in [-0.05, 0) is 12.2 Å². The van der Waals surface area contributed by atoms with Crippen molar-refractivity contribution in [1.82, 2.24) is 0 Å². The molecule has 0 radical (unpaired) electrons. The molecule has 122 valence electrons. The summed E-state index contributed by atoms with van der Waals surface area (Å²) in [5.41, 5.74) is 5.47. The Bertz CT molecular complexity index is 143. The molecule has 20 heavy (non-hydrogen) atoms. The molecule has 0 unspecified atom stereocenters. The standard InChI is InChI=1S/C18H39NS/c1-2-3-4-5-6-7-8-9-10-11-12-13-14-15-17-20-18-16-19/h2-19H2,1H3. The van der Waals surface area contributed by atoms with Gasteiger partial charge in [0.15, 0.2) is 0 Å². The maximum absolute atomic E-state index is 5.47. The first-order valence-corrected chi connectivity index (χ1v) is 10.3. The lowest BCUT2D eigenvalue weighted by Gasteiger charge is -2.03. The summed E-state index contributed by atoms with van der Waals surface area (Å²) in [4.78, 5) is 0. The highest BCUT2D eigenvalue weighted by molar-refractivity contribution is 7.99. The second-order valence-corrected chi connectivity index (χ2v) is 7.22. The molecule has 0 heterocycles. The molecule has 0 aromatic heterocycles. The third kappa shape index (κ3) is 18.3. The predicted octanol–water partition coefficient (Wildman–Crippen LogP) is 6.16. The van der Waals surface area contributed by atoms with E-state index in [-0.39, 0.29) is 0 Å². The van der Waals surface area contributed by atoms with Crippen LogP contribution in [0.2, 0.25) is 0 Å². The Labute approximate surface area is 132 Å². The van der Waals surface area contributed by atoms with Crippen molar-refractivity contribution in [3.05, 3.63) is 0 Å². The Hall–Kier alpha value is 0.310. The molecule has 0 saturated heterocycles. The molecule has 0 aliphatic carbocycles. The molecule has 1 nitrogen and oxygen atoms in total. The van der Waals surface area contributed by atoms with E-state index in [2.05, 4.69) is 6.92 Å². The van der Waals surface area contributed by atoms with Crippen LogP contribution in [0.1, 0.15) is 96.8 Å². The fourth-order valence-corrected chi connectivity index (χ4v) is 3.36. The molecule has 0 aromatic rings. The van der Waals surface area contributed by atoms with Crippen molar-refractivity contribution in [2.75, 3.05) is 18.1 Å². The molecule has 2 N–H and O–H groups in total. The third-order valence-corrected chi connectivity index (χ3v) is 5.01. The van der Waals surface area contributed by atoms with Crippen LogP contribution in [0.4, 0.5) is 0 Å². The van der Waals surface area contributed by atoms with Gasteiger partial charge >= 0.3 is 0 Å². The number of nitrogens with two attached hydrogens (primary N) is 1. The Morgan fingerprint density at radius 2 is 0.950 bits per heavy atom. The number of hydrogen-bond donors (Lipinski definition) is 1. The molecule has 0 bridgehead atoms. The minimum absolute atomic E-state index is 0.837. The maximum atomic E-state index is 5.47. The van der Waals surface area contributed by atoms with Gasteiger partial charge in [0, 0.05) is 12.3 Å². The van der Waals surface area contributed by atoms with Gasteiger partial charge in [0.1, 0.15) is 0 Å². The van der Waals surface area contributed by atoms with Gasteiger partial charge in [-0.3, -0.25) is 0 Å². The van der Waals surface area contributed by atoms with Crippen LogP contribution in [0.15, 0.2) is 0 Å². The van der Waals surface area contributed by atoms with Crippen molar-refractivity contribution in [1.29, 1.82) is 0 Å². The molecular formula is C18H39NS. The zero-order chi connectivity index (χ0) is 14.7. The summed E-state index contributed by atoms with van der Waals surface area (Å²) in [7, 11) is 0. The van der Waals surface area contributed by atoms with Crippen molar-refractivity contribution in [3.8, 4) is 0 Å². The van der Waals surface area contributed by atoms with E-state index < -0.39 is 0 Å². The lowest BCUT2D eigenvalue weighted by molar-refractivity contribution is 0.538. The summed E-state index contributed by atoms with van der Waals surface area (Å²) >= 11 is 2.01. The van der Waals surface area contributed by atoms with E-state index in [1.165, 1.54) is 95.6 Å². The number of thioether (sulfide) groups is 1. The normalized spacial score (nSPS) is 11.1. The van der Waals surface area contributed by atoms with Crippen molar-refractivity contribution in [2.45, 2.75) is 96.8 Å². The number of hydrogen-bond acceptors (Lipinski definition) is 2. The fraction of sp³-hybridized carbons (Fsp3) is 1.00. The van der Waals surface area contributed by atoms with E-state index in [0.29, 0.717) is 0 Å². The highest BCUT2D eigenvalue weighted by atomic mass is 32.2. The second-order valence-electron chi connectivity index (χ2n) is 6.00. The summed E-state index contributed by atoms with van der Waals surface area (Å²) in [6.45, 7) is 3.13. The first-order valence-electron chi connectivity index (χ1n) is 9.19. The van der Waals surface area contributed by atoms with Crippen LogP contribution in [0.3, 0.4) is 0 Å². The highest BCUT2D eigenvalue weighted by Gasteiger charge is 1.94. The van der Waals surface area contributed by atoms with Crippen molar-refractivity contribution in [2.24, 2.45) is 5.73 Å². The van der Waals surface area contributed by atoms with Crippen LogP contribution < -0.4 is 5.73 Å². The zero-order valence-electron chi connectivity index (χ0n) is 14.0. The SMILES string of the molecule is CCCCCCCCCCCCCCCCSCCN. The Balaban J connectivity index is 2.89. The van der Waals surface area contributed by atoms with E-state index in [9.17, 15) is 0 Å². The lowest BCUT2D eigenvalue weighted by atomic mass is 10.0. The third-order valence-electron chi connectivity index (χ3n) is 3.90. The van der Waals surface area contributed by atoms with Crippen LogP contribution in [0.5, 0.6) is 0 Å². The van der Waals surface area contributed by atoms with Crippen LogP contribution >= 0.6 is 11.8 Å². The van der Waals surface area contributed by atoms with E-state index in [0.717, 1.165) is 12.3 Å². The predicted molar refractivity (Wildman–Crippen MR) is 96.7 cm³/mol. The molecule has 0 rings (SSSR count). The van der Waals surface area contributed by atoms with Gasteiger partial charge in [-0.15, -0.1) is 0 Å². The molecular weight excluding hydrogens is 262 g/mol. The molecule has 0 aromatic carbocycles. The Morgan fingerprint density at radius 1 is 0.550 bits per heavy atom. The summed E-state index contributed by atoms with van der Waals surface area (Å²) in [5.74, 6) is 2.45. The minimum atomic E-state index is 0.837. The van der Waals surface area contributed by atoms with Crippen LogP contribution in [-0.4, -0.2) is 18.1 Å². The molecule has 0 aliphatic heterocycles. The molecule has 0 amide bonds. The lowest BCUT2D eigenvalue weighted by Crippen LogP contribution is -2.01. The van der Waals surface area contributed by atoms with Crippen LogP contribution in [-0.2, 0) is 0 Å². The Morgan fingerprint density at radius 3 is 1.35 bits per heavy atom. The van der Waals surface area contributed by atoms with Gasteiger partial charge in [0.2, 0.25) is 0 Å². The van der Waals surface area contributed by atoms with E-state index in [4.69, 9.17) is 5.73 Å². The average molecular weight is 302 g/mol. The Kier molecular flexibility index (Phi) is 19.6. The maximum Gasteiger partial charge on any atom is 0.00558 e. The van der Waals surface area contributed by atoms with Gasteiger partial charge in [0.05, 0.1) is 0 Å². The van der Waals surface area contributed by atoms with Gasteiger partial charge in [0.25, 0.3) is 0 Å². The van der Waals surface area contributed by atoms with Crippen molar-refractivity contribution < 1.29 is 0 Å². The smallest absolute Gasteiger partial charge is 0.00558 e. The second kappa shape index (κ2) is 19.3. The van der Waals surface area contributed by atoms with Gasteiger partial charge in [-0.2, -0.15) is 11.8 Å². The molecule has 0 fully saturated rings. The topological polar surface area (TPSA) is 26.0 Å². The van der Waals surface area contributed by atoms with Gasteiger partial charge in [-0.25, -0.2) is 0 Å². The molecule has 0 aliphatic rings. The first-order chi connectivity index (χ1) is 9.91. The van der Waals surface area contributed by atoms with Crippen LogP contribution in [0, 0.1) is 0 Å². The molecule has 0 atom stereocenters. The van der Waals surface area contributed by atoms with E-state index in [1.807, 2.05) is 11.8 Å². The van der Waals surface area contributed by atoms with E-state index >= 15 is 0 Å².